The first kappa shape index (κ1) is 17.5. The second-order valence-electron chi connectivity index (χ2n) is 6.96. The van der Waals surface area contributed by atoms with Crippen molar-refractivity contribution in [3.63, 3.8) is 0 Å². The van der Waals surface area contributed by atoms with E-state index in [-0.39, 0.29) is 29.6 Å². The van der Waals surface area contributed by atoms with Crippen LogP contribution < -0.4 is 0 Å². The van der Waals surface area contributed by atoms with E-state index in [4.69, 9.17) is 0 Å². The number of phenolic OH excluding ortho intramolecular Hbond substituents is 1. The first-order chi connectivity index (χ1) is 12.0. The lowest BCUT2D eigenvalue weighted by atomic mass is 10.0. The van der Waals surface area contributed by atoms with Crippen LogP contribution in [0.5, 0.6) is 5.75 Å². The number of halogens is 1. The molecule has 1 amide bonds. The van der Waals surface area contributed by atoms with Crippen LogP contribution in [-0.4, -0.2) is 28.0 Å². The summed E-state index contributed by atoms with van der Waals surface area (Å²) < 4.78 is 13.0. The molecule has 1 aliphatic rings. The molecule has 1 heterocycles. The van der Waals surface area contributed by atoms with Crippen molar-refractivity contribution in [2.24, 2.45) is 0 Å². The maximum atomic E-state index is 13.0. The molecule has 0 saturated carbocycles. The molecule has 2 aromatic rings. The molecule has 2 atom stereocenters. The summed E-state index contributed by atoms with van der Waals surface area (Å²) in [7, 11) is 0. The van der Waals surface area contributed by atoms with Gasteiger partial charge in [0.15, 0.2) is 0 Å². The fourth-order valence-corrected chi connectivity index (χ4v) is 3.60. The van der Waals surface area contributed by atoms with Gasteiger partial charge in [-0.05, 0) is 74.9 Å². The van der Waals surface area contributed by atoms with Gasteiger partial charge in [0.05, 0.1) is 0 Å². The molecule has 3 rings (SSSR count). The van der Waals surface area contributed by atoms with Gasteiger partial charge in [0.2, 0.25) is 0 Å². The Kier molecular flexibility index (Phi) is 5.07. The Balaban J connectivity index is 1.72. The van der Waals surface area contributed by atoms with Crippen molar-refractivity contribution in [2.45, 2.75) is 51.6 Å². The molecule has 25 heavy (non-hydrogen) atoms. The van der Waals surface area contributed by atoms with E-state index < -0.39 is 0 Å². The highest BCUT2D eigenvalue weighted by Crippen LogP contribution is 2.30. The summed E-state index contributed by atoms with van der Waals surface area (Å²) >= 11 is 0. The van der Waals surface area contributed by atoms with Gasteiger partial charge in [0.1, 0.15) is 11.6 Å². The molecule has 0 aliphatic carbocycles. The van der Waals surface area contributed by atoms with Crippen LogP contribution in [0, 0.1) is 12.7 Å². The molecule has 2 aromatic carbocycles. The minimum Gasteiger partial charge on any atom is -0.508 e. The second kappa shape index (κ2) is 7.26. The third-order valence-electron chi connectivity index (χ3n) is 5.16. The predicted octanol–water partition coefficient (Wildman–Crippen LogP) is 4.47. The van der Waals surface area contributed by atoms with Gasteiger partial charge < -0.3 is 10.0 Å². The number of likely N-dealkylation sites (tertiary alicyclic amines) is 1. The monoisotopic (exact) mass is 341 g/mol. The third-order valence-corrected chi connectivity index (χ3v) is 5.16. The number of phenols is 1. The van der Waals surface area contributed by atoms with Crippen LogP contribution in [0.2, 0.25) is 0 Å². The van der Waals surface area contributed by atoms with Crippen LogP contribution in [0.15, 0.2) is 42.5 Å². The van der Waals surface area contributed by atoms with Crippen LogP contribution in [0.1, 0.15) is 47.7 Å². The molecule has 1 N–H and O–H groups in total. The standard InChI is InChI=1S/C21H24FNO2/c1-14-3-8-17(13-20(14)24)21(25)23-15(2)4-11-19(23)12-7-16-5-9-18(22)10-6-16/h3,5-6,8-10,13,15,19,24H,4,7,11-12H2,1-2H3/t15-,19-/m1/s1. The molecule has 0 spiro atoms. The topological polar surface area (TPSA) is 40.5 Å². The fourth-order valence-electron chi connectivity index (χ4n) is 3.60. The van der Waals surface area contributed by atoms with Gasteiger partial charge in [0, 0.05) is 17.6 Å². The Labute approximate surface area is 148 Å². The third kappa shape index (κ3) is 3.84. The van der Waals surface area contributed by atoms with Gasteiger partial charge in [0.25, 0.3) is 5.91 Å². The van der Waals surface area contributed by atoms with Crippen molar-refractivity contribution in [3.8, 4) is 5.75 Å². The van der Waals surface area contributed by atoms with E-state index in [9.17, 15) is 14.3 Å². The fraction of sp³-hybridized carbons (Fsp3) is 0.381. The van der Waals surface area contributed by atoms with E-state index in [0.717, 1.165) is 36.8 Å². The predicted molar refractivity (Wildman–Crippen MR) is 96.2 cm³/mol. The van der Waals surface area contributed by atoms with E-state index in [0.29, 0.717) is 5.56 Å². The van der Waals surface area contributed by atoms with Gasteiger partial charge in [-0.1, -0.05) is 18.2 Å². The Morgan fingerprint density at radius 3 is 2.60 bits per heavy atom. The molecule has 132 valence electrons. The van der Waals surface area contributed by atoms with Gasteiger partial charge in [-0.15, -0.1) is 0 Å². The SMILES string of the molecule is Cc1ccc(C(=O)N2[C@@H](CCc3ccc(F)cc3)CC[C@H]2C)cc1O. The minimum atomic E-state index is -0.228. The maximum Gasteiger partial charge on any atom is 0.254 e. The highest BCUT2D eigenvalue weighted by atomic mass is 19.1. The summed E-state index contributed by atoms with van der Waals surface area (Å²) in [5.41, 5.74) is 2.38. The first-order valence-corrected chi connectivity index (χ1v) is 8.82. The normalized spacial score (nSPS) is 20.0. The van der Waals surface area contributed by atoms with Crippen LogP contribution in [0.3, 0.4) is 0 Å². The molecule has 0 bridgehead atoms. The lowest BCUT2D eigenvalue weighted by Crippen LogP contribution is -2.40. The number of rotatable bonds is 4. The molecule has 4 heteroatoms. The zero-order valence-corrected chi connectivity index (χ0v) is 14.7. The number of carbonyl (C=O) groups is 1. The molecule has 1 saturated heterocycles. The van der Waals surface area contributed by atoms with Gasteiger partial charge >= 0.3 is 0 Å². The average molecular weight is 341 g/mol. The van der Waals surface area contributed by atoms with Crippen LogP contribution in [0.4, 0.5) is 4.39 Å². The molecule has 0 aromatic heterocycles. The molecule has 0 unspecified atom stereocenters. The molecule has 3 nitrogen and oxygen atoms in total. The van der Waals surface area contributed by atoms with Crippen molar-refractivity contribution in [2.75, 3.05) is 0 Å². The van der Waals surface area contributed by atoms with E-state index in [1.807, 2.05) is 11.8 Å². The molecular formula is C21H24FNO2. The second-order valence-corrected chi connectivity index (χ2v) is 6.96. The first-order valence-electron chi connectivity index (χ1n) is 8.82. The summed E-state index contributed by atoms with van der Waals surface area (Å²) in [5, 5.41) is 9.90. The molecule has 1 fully saturated rings. The zero-order chi connectivity index (χ0) is 18.0. The lowest BCUT2D eigenvalue weighted by Gasteiger charge is -2.29. The van der Waals surface area contributed by atoms with Crippen LogP contribution >= 0.6 is 0 Å². The number of aromatic hydroxyl groups is 1. The number of amides is 1. The van der Waals surface area contributed by atoms with E-state index in [1.54, 1.807) is 30.3 Å². The zero-order valence-electron chi connectivity index (χ0n) is 14.7. The summed E-state index contributed by atoms with van der Waals surface area (Å²) in [6.07, 6.45) is 3.64. The minimum absolute atomic E-state index is 0.0237. The summed E-state index contributed by atoms with van der Waals surface area (Å²) in [4.78, 5) is 14.9. The largest absolute Gasteiger partial charge is 0.508 e. The highest BCUT2D eigenvalue weighted by molar-refractivity contribution is 5.95. The van der Waals surface area contributed by atoms with E-state index in [2.05, 4.69) is 6.92 Å². The van der Waals surface area contributed by atoms with Crippen molar-refractivity contribution >= 4 is 5.91 Å². The van der Waals surface area contributed by atoms with Gasteiger partial charge in [-0.3, -0.25) is 4.79 Å². The van der Waals surface area contributed by atoms with Crippen molar-refractivity contribution in [1.82, 2.24) is 4.90 Å². The quantitative estimate of drug-likeness (QED) is 0.891. The number of nitrogens with zero attached hydrogens (tertiary/aromatic N) is 1. The average Bonchev–Trinajstić information content (AvgIpc) is 2.97. The Bertz CT molecular complexity index is 757. The Hall–Kier alpha value is -2.36. The van der Waals surface area contributed by atoms with Crippen LogP contribution in [-0.2, 0) is 6.42 Å². The Morgan fingerprint density at radius 1 is 1.20 bits per heavy atom. The van der Waals surface area contributed by atoms with Crippen molar-refractivity contribution in [1.29, 1.82) is 0 Å². The Morgan fingerprint density at radius 2 is 1.92 bits per heavy atom. The highest BCUT2D eigenvalue weighted by Gasteiger charge is 2.34. The van der Waals surface area contributed by atoms with Gasteiger partial charge in [-0.2, -0.15) is 0 Å². The lowest BCUT2D eigenvalue weighted by molar-refractivity contribution is 0.0672. The summed E-state index contributed by atoms with van der Waals surface area (Å²) in [6, 6.07) is 12.0. The van der Waals surface area contributed by atoms with E-state index >= 15 is 0 Å². The summed E-state index contributed by atoms with van der Waals surface area (Å²) in [5.74, 6) is -0.0980. The van der Waals surface area contributed by atoms with Crippen molar-refractivity contribution in [3.05, 3.63) is 65.0 Å². The molecule has 0 radical (unpaired) electrons. The van der Waals surface area contributed by atoms with Crippen LogP contribution in [0.25, 0.3) is 0 Å². The number of hydrogen-bond donors (Lipinski definition) is 1. The smallest absolute Gasteiger partial charge is 0.254 e. The number of aryl methyl sites for hydroxylation is 2. The van der Waals surface area contributed by atoms with Crippen molar-refractivity contribution < 1.29 is 14.3 Å². The number of benzene rings is 2. The summed E-state index contributed by atoms with van der Waals surface area (Å²) in [6.45, 7) is 3.89. The van der Waals surface area contributed by atoms with E-state index in [1.165, 1.54) is 12.1 Å². The molecule has 1 aliphatic heterocycles. The number of carbonyl (C=O) groups excluding carboxylic acids is 1. The molecular weight excluding hydrogens is 317 g/mol. The number of hydrogen-bond acceptors (Lipinski definition) is 2. The maximum absolute atomic E-state index is 13.0. The van der Waals surface area contributed by atoms with Gasteiger partial charge in [-0.25, -0.2) is 4.39 Å².